The zero-order valence-corrected chi connectivity index (χ0v) is 10.2. The van der Waals surface area contributed by atoms with Crippen LogP contribution in [0.4, 0.5) is 17.5 Å². The summed E-state index contributed by atoms with van der Waals surface area (Å²) in [5.74, 6) is 1.07. The monoisotopic (exact) mass is 239 g/mol. The van der Waals surface area contributed by atoms with Gasteiger partial charge in [0.2, 0.25) is 11.8 Å². The Labute approximate surface area is 99.6 Å². The van der Waals surface area contributed by atoms with E-state index in [1.807, 2.05) is 0 Å². The van der Waals surface area contributed by atoms with Gasteiger partial charge in [-0.15, -0.1) is 0 Å². The van der Waals surface area contributed by atoms with Crippen molar-refractivity contribution in [3.63, 3.8) is 0 Å². The first-order valence-corrected chi connectivity index (χ1v) is 5.42. The molecular weight excluding hydrogens is 222 g/mol. The Morgan fingerprint density at radius 3 is 2.71 bits per heavy atom. The molecule has 0 aliphatic carbocycles. The zero-order chi connectivity index (χ0) is 13.0. The van der Waals surface area contributed by atoms with Crippen molar-refractivity contribution < 1.29 is 4.92 Å². The number of nitrogens with two attached hydrogens (primary N) is 1. The maximum atomic E-state index is 10.8. The van der Waals surface area contributed by atoms with Crippen LogP contribution in [0, 0.1) is 22.0 Å². The molecule has 7 heteroatoms. The average molecular weight is 239 g/mol. The number of anilines is 2. The van der Waals surface area contributed by atoms with E-state index in [-0.39, 0.29) is 17.5 Å². The highest BCUT2D eigenvalue weighted by Gasteiger charge is 2.17. The molecule has 0 saturated carbocycles. The molecule has 0 fully saturated rings. The minimum atomic E-state index is -0.526. The van der Waals surface area contributed by atoms with E-state index in [0.29, 0.717) is 18.4 Å². The van der Waals surface area contributed by atoms with Crippen LogP contribution in [0.15, 0.2) is 6.20 Å². The summed E-state index contributed by atoms with van der Waals surface area (Å²) in [4.78, 5) is 17.7. The third kappa shape index (κ3) is 3.54. The van der Waals surface area contributed by atoms with Crippen molar-refractivity contribution in [3.05, 3.63) is 16.3 Å². The summed E-state index contributed by atoms with van der Waals surface area (Å²) in [6.45, 7) is 6.85. The molecule has 1 unspecified atom stereocenters. The molecule has 0 amide bonds. The van der Waals surface area contributed by atoms with E-state index in [4.69, 9.17) is 5.73 Å². The van der Waals surface area contributed by atoms with Crippen molar-refractivity contribution in [2.45, 2.75) is 20.8 Å². The fourth-order valence-corrected chi connectivity index (χ4v) is 1.15. The fourth-order valence-electron chi connectivity index (χ4n) is 1.15. The first-order chi connectivity index (χ1) is 7.91. The Balaban J connectivity index is 2.82. The molecule has 1 aromatic heterocycles. The number of nitro groups is 1. The van der Waals surface area contributed by atoms with Crippen LogP contribution in [0.2, 0.25) is 0 Å². The van der Waals surface area contributed by atoms with Crippen LogP contribution in [-0.2, 0) is 0 Å². The van der Waals surface area contributed by atoms with Crippen LogP contribution in [0.3, 0.4) is 0 Å². The number of aromatic nitrogens is 2. The van der Waals surface area contributed by atoms with Crippen molar-refractivity contribution in [2.24, 2.45) is 11.8 Å². The molecule has 0 aromatic carbocycles. The van der Waals surface area contributed by atoms with E-state index in [1.165, 1.54) is 0 Å². The van der Waals surface area contributed by atoms with Crippen molar-refractivity contribution >= 4 is 17.5 Å². The molecule has 0 spiro atoms. The summed E-state index contributed by atoms with van der Waals surface area (Å²) >= 11 is 0. The number of nitrogen functional groups attached to an aromatic ring is 1. The van der Waals surface area contributed by atoms with Gasteiger partial charge in [-0.05, 0) is 11.8 Å². The minimum Gasteiger partial charge on any atom is -0.368 e. The first kappa shape index (κ1) is 13.1. The number of nitrogens with one attached hydrogen (secondary N) is 1. The minimum absolute atomic E-state index is 0.0234. The van der Waals surface area contributed by atoms with E-state index in [1.54, 1.807) is 0 Å². The van der Waals surface area contributed by atoms with Gasteiger partial charge in [-0.1, -0.05) is 20.8 Å². The number of hydrogen-bond donors (Lipinski definition) is 2. The average Bonchev–Trinajstić information content (AvgIpc) is 2.25. The maximum absolute atomic E-state index is 10.8. The van der Waals surface area contributed by atoms with Gasteiger partial charge in [0.1, 0.15) is 6.20 Å². The van der Waals surface area contributed by atoms with Gasteiger partial charge in [-0.3, -0.25) is 10.1 Å². The number of rotatable bonds is 5. The van der Waals surface area contributed by atoms with Crippen molar-refractivity contribution in [3.8, 4) is 0 Å². The largest absolute Gasteiger partial charge is 0.368 e. The van der Waals surface area contributed by atoms with E-state index in [9.17, 15) is 10.1 Å². The van der Waals surface area contributed by atoms with Gasteiger partial charge in [-0.2, -0.15) is 4.98 Å². The summed E-state index contributed by atoms with van der Waals surface area (Å²) in [5.41, 5.74) is 5.25. The summed E-state index contributed by atoms with van der Waals surface area (Å²) in [6.07, 6.45) is 1.12. The van der Waals surface area contributed by atoms with Gasteiger partial charge in [-0.25, -0.2) is 4.98 Å². The van der Waals surface area contributed by atoms with Crippen LogP contribution in [0.1, 0.15) is 20.8 Å². The second-order valence-corrected chi connectivity index (χ2v) is 4.32. The van der Waals surface area contributed by atoms with Crippen molar-refractivity contribution in [1.82, 2.24) is 9.97 Å². The standard InChI is InChI=1S/C10H17N5O2/c1-6(2)7(3)4-12-9-8(15(16)17)5-13-10(11)14-9/h5-7H,4H2,1-3H3,(H3,11,12,13,14). The van der Waals surface area contributed by atoms with Gasteiger partial charge >= 0.3 is 5.69 Å². The van der Waals surface area contributed by atoms with E-state index < -0.39 is 4.92 Å². The summed E-state index contributed by atoms with van der Waals surface area (Å²) in [6, 6.07) is 0. The third-order valence-electron chi connectivity index (χ3n) is 2.71. The predicted molar refractivity (Wildman–Crippen MR) is 65.6 cm³/mol. The Morgan fingerprint density at radius 2 is 2.18 bits per heavy atom. The summed E-state index contributed by atoms with van der Waals surface area (Å²) in [5, 5.41) is 13.7. The molecule has 1 rings (SSSR count). The van der Waals surface area contributed by atoms with Gasteiger partial charge in [0.15, 0.2) is 0 Å². The lowest BCUT2D eigenvalue weighted by atomic mass is 9.98. The molecule has 1 heterocycles. The van der Waals surface area contributed by atoms with E-state index in [0.717, 1.165) is 6.20 Å². The molecule has 3 N–H and O–H groups in total. The highest BCUT2D eigenvalue weighted by atomic mass is 16.6. The highest BCUT2D eigenvalue weighted by Crippen LogP contribution is 2.22. The molecular formula is C10H17N5O2. The molecule has 0 saturated heterocycles. The molecule has 0 aliphatic heterocycles. The first-order valence-electron chi connectivity index (χ1n) is 5.42. The summed E-state index contributed by atoms with van der Waals surface area (Å²) < 4.78 is 0. The molecule has 94 valence electrons. The molecule has 0 bridgehead atoms. The zero-order valence-electron chi connectivity index (χ0n) is 10.2. The lowest BCUT2D eigenvalue weighted by Gasteiger charge is -2.16. The smallest absolute Gasteiger partial charge is 0.329 e. The highest BCUT2D eigenvalue weighted by molar-refractivity contribution is 5.56. The van der Waals surface area contributed by atoms with Crippen LogP contribution < -0.4 is 11.1 Å². The summed E-state index contributed by atoms with van der Waals surface area (Å²) in [7, 11) is 0. The van der Waals surface area contributed by atoms with Crippen LogP contribution in [-0.4, -0.2) is 21.4 Å². The lowest BCUT2D eigenvalue weighted by Crippen LogP contribution is -2.18. The molecule has 17 heavy (non-hydrogen) atoms. The molecule has 7 nitrogen and oxygen atoms in total. The van der Waals surface area contributed by atoms with Gasteiger partial charge < -0.3 is 11.1 Å². The molecule has 0 aliphatic rings. The lowest BCUT2D eigenvalue weighted by molar-refractivity contribution is -0.384. The van der Waals surface area contributed by atoms with E-state index in [2.05, 4.69) is 36.1 Å². The number of nitrogens with zero attached hydrogens (tertiary/aromatic N) is 3. The van der Waals surface area contributed by atoms with Crippen LogP contribution in [0.25, 0.3) is 0 Å². The SMILES string of the molecule is CC(C)C(C)CNc1nc(N)ncc1[N+](=O)[O-]. The Hall–Kier alpha value is -1.92. The topological polar surface area (TPSA) is 107 Å². The number of hydrogen-bond acceptors (Lipinski definition) is 6. The Morgan fingerprint density at radius 1 is 1.53 bits per heavy atom. The van der Waals surface area contributed by atoms with E-state index >= 15 is 0 Å². The normalized spacial score (nSPS) is 12.5. The quantitative estimate of drug-likeness (QED) is 0.597. The molecule has 0 radical (unpaired) electrons. The Bertz CT molecular complexity index is 408. The van der Waals surface area contributed by atoms with Crippen molar-refractivity contribution in [2.75, 3.05) is 17.6 Å². The third-order valence-corrected chi connectivity index (χ3v) is 2.71. The second-order valence-electron chi connectivity index (χ2n) is 4.32. The fraction of sp³-hybridized carbons (Fsp3) is 0.600. The predicted octanol–water partition coefficient (Wildman–Crippen LogP) is 1.67. The van der Waals surface area contributed by atoms with Crippen LogP contribution in [0.5, 0.6) is 0 Å². The maximum Gasteiger partial charge on any atom is 0.329 e. The second kappa shape index (κ2) is 5.42. The Kier molecular flexibility index (Phi) is 4.19. The van der Waals surface area contributed by atoms with Gasteiger partial charge in [0.05, 0.1) is 4.92 Å². The van der Waals surface area contributed by atoms with Gasteiger partial charge in [0, 0.05) is 6.54 Å². The van der Waals surface area contributed by atoms with Crippen molar-refractivity contribution in [1.29, 1.82) is 0 Å². The molecule has 1 aromatic rings. The molecule has 1 atom stereocenters. The van der Waals surface area contributed by atoms with Gasteiger partial charge in [0.25, 0.3) is 0 Å². The van der Waals surface area contributed by atoms with Crippen LogP contribution >= 0.6 is 0 Å².